The van der Waals surface area contributed by atoms with Gasteiger partial charge in [-0.2, -0.15) is 5.10 Å². The molecule has 0 radical (unpaired) electrons. The van der Waals surface area contributed by atoms with Crippen LogP contribution in [0.5, 0.6) is 0 Å². The van der Waals surface area contributed by atoms with E-state index in [4.69, 9.17) is 4.42 Å². The monoisotopic (exact) mass is 397 g/mol. The summed E-state index contributed by atoms with van der Waals surface area (Å²) in [4.78, 5) is 50.2. The third kappa shape index (κ3) is 4.15. The topological polar surface area (TPSA) is 127 Å². The fourth-order valence-corrected chi connectivity index (χ4v) is 2.72. The number of aryl methyl sites for hydroxylation is 1. The Hall–Kier alpha value is -3.95. The average Bonchev–Trinajstić information content (AvgIpc) is 3.26. The number of carbonyl (C=O) groups is 3. The van der Waals surface area contributed by atoms with Gasteiger partial charge in [0.1, 0.15) is 6.54 Å². The third-order valence-corrected chi connectivity index (χ3v) is 4.16. The number of carbonyl (C=O) groups excluding carboxylic acids is 3. The molecule has 0 aliphatic heterocycles. The largest absolute Gasteiger partial charge is 0.459 e. The van der Waals surface area contributed by atoms with Gasteiger partial charge < -0.3 is 9.32 Å². The van der Waals surface area contributed by atoms with Crippen molar-refractivity contribution in [1.29, 1.82) is 0 Å². The number of aromatic nitrogens is 2. The summed E-state index contributed by atoms with van der Waals surface area (Å²) < 4.78 is 6.17. The minimum Gasteiger partial charge on any atom is -0.459 e. The fourth-order valence-electron chi connectivity index (χ4n) is 2.72. The molecular weight excluding hydrogens is 378 g/mol. The molecule has 2 heterocycles. The van der Waals surface area contributed by atoms with E-state index in [1.54, 1.807) is 37.3 Å². The van der Waals surface area contributed by atoms with Crippen LogP contribution >= 0.6 is 0 Å². The number of amides is 3. The summed E-state index contributed by atoms with van der Waals surface area (Å²) in [6.45, 7) is 1.72. The molecule has 2 N–H and O–H groups in total. The van der Waals surface area contributed by atoms with Crippen molar-refractivity contribution in [1.82, 2.24) is 25.5 Å². The molecule has 2 aromatic heterocycles. The van der Waals surface area contributed by atoms with Crippen molar-refractivity contribution >= 4 is 28.5 Å². The number of nitrogens with zero attached hydrogens (tertiary/aromatic N) is 3. The lowest BCUT2D eigenvalue weighted by molar-refractivity contribution is -0.122. The van der Waals surface area contributed by atoms with Gasteiger partial charge in [0.15, 0.2) is 11.5 Å². The van der Waals surface area contributed by atoms with E-state index >= 15 is 0 Å². The molecule has 10 heteroatoms. The van der Waals surface area contributed by atoms with Crippen LogP contribution in [-0.4, -0.2) is 46.0 Å². The Kier molecular flexibility index (Phi) is 5.72. The number of nitrogens with one attached hydrogen (secondary N) is 2. The van der Waals surface area contributed by atoms with Crippen molar-refractivity contribution in [2.75, 3.05) is 13.6 Å². The van der Waals surface area contributed by atoms with Crippen LogP contribution in [0.2, 0.25) is 0 Å². The first-order valence-electron chi connectivity index (χ1n) is 8.80. The number of benzene rings is 1. The Morgan fingerprint density at radius 2 is 1.83 bits per heavy atom. The van der Waals surface area contributed by atoms with Gasteiger partial charge in [0.2, 0.25) is 0 Å². The molecule has 0 fully saturated rings. The Morgan fingerprint density at radius 1 is 1.10 bits per heavy atom. The zero-order chi connectivity index (χ0) is 21.0. The molecule has 1 aromatic carbocycles. The maximum Gasteiger partial charge on any atom is 0.290 e. The second kappa shape index (κ2) is 8.38. The summed E-state index contributed by atoms with van der Waals surface area (Å²) in [5.74, 6) is -1.67. The number of hydrogen-bond acceptors (Lipinski definition) is 6. The minimum absolute atomic E-state index is 0.00219. The molecule has 0 atom stereocenters. The Bertz CT molecular complexity index is 1120. The minimum atomic E-state index is -0.684. The van der Waals surface area contributed by atoms with Crippen molar-refractivity contribution in [2.45, 2.75) is 13.5 Å². The zero-order valence-corrected chi connectivity index (χ0v) is 15.8. The summed E-state index contributed by atoms with van der Waals surface area (Å²) >= 11 is 0. The standard InChI is InChI=1S/C19H19N5O5/c1-3-24-18(27)13-8-5-4-7-12(13)16(22-24)17(26)21-20-15(25)11-23(2)19(28)14-9-6-10-29-14/h4-10H,3,11H2,1-2H3,(H,20,25)(H,21,26). The van der Waals surface area contributed by atoms with Gasteiger partial charge >= 0.3 is 0 Å². The van der Waals surface area contributed by atoms with Gasteiger partial charge in [-0.05, 0) is 25.1 Å². The van der Waals surface area contributed by atoms with Crippen molar-refractivity contribution < 1.29 is 18.8 Å². The predicted molar refractivity (Wildman–Crippen MR) is 103 cm³/mol. The highest BCUT2D eigenvalue weighted by atomic mass is 16.3. The maximum absolute atomic E-state index is 12.5. The van der Waals surface area contributed by atoms with Gasteiger partial charge in [0.25, 0.3) is 23.3 Å². The Labute approximate surface area is 165 Å². The smallest absolute Gasteiger partial charge is 0.290 e. The van der Waals surface area contributed by atoms with Gasteiger partial charge in [-0.3, -0.25) is 30.0 Å². The van der Waals surface area contributed by atoms with Crippen molar-refractivity contribution in [2.24, 2.45) is 0 Å². The molecule has 0 saturated carbocycles. The molecule has 150 valence electrons. The predicted octanol–water partition coefficient (Wildman–Crippen LogP) is 0.543. The number of fused-ring (bicyclic) bond motifs is 1. The molecule has 0 saturated heterocycles. The number of hydrogen-bond donors (Lipinski definition) is 2. The van der Waals surface area contributed by atoms with E-state index in [1.807, 2.05) is 0 Å². The molecule has 0 aliphatic rings. The van der Waals surface area contributed by atoms with E-state index < -0.39 is 17.7 Å². The van der Waals surface area contributed by atoms with Gasteiger partial charge in [-0.25, -0.2) is 4.68 Å². The Morgan fingerprint density at radius 3 is 2.48 bits per heavy atom. The van der Waals surface area contributed by atoms with E-state index in [-0.39, 0.29) is 30.1 Å². The van der Waals surface area contributed by atoms with Crippen LogP contribution in [0.3, 0.4) is 0 Å². The third-order valence-electron chi connectivity index (χ3n) is 4.16. The van der Waals surface area contributed by atoms with E-state index in [2.05, 4.69) is 16.0 Å². The quantitative estimate of drug-likeness (QED) is 0.605. The second-order valence-electron chi connectivity index (χ2n) is 6.16. The van der Waals surface area contributed by atoms with Crippen LogP contribution in [0.1, 0.15) is 28.0 Å². The highest BCUT2D eigenvalue weighted by molar-refractivity contribution is 6.05. The molecular formula is C19H19N5O5. The highest BCUT2D eigenvalue weighted by Gasteiger charge is 2.19. The summed E-state index contributed by atoms with van der Waals surface area (Å²) in [5, 5.41) is 4.81. The second-order valence-corrected chi connectivity index (χ2v) is 6.16. The maximum atomic E-state index is 12.5. The van der Waals surface area contributed by atoms with E-state index in [0.717, 1.165) is 4.90 Å². The van der Waals surface area contributed by atoms with Crippen molar-refractivity contribution in [3.05, 3.63) is 64.5 Å². The number of furan rings is 1. The SMILES string of the molecule is CCn1nc(C(=O)NNC(=O)CN(C)C(=O)c2ccco2)c2ccccc2c1=O. The summed E-state index contributed by atoms with van der Waals surface area (Å²) in [6, 6.07) is 9.64. The molecule has 0 bridgehead atoms. The summed E-state index contributed by atoms with van der Waals surface area (Å²) in [5.41, 5.74) is 4.20. The first kappa shape index (κ1) is 19.8. The van der Waals surface area contributed by atoms with Gasteiger partial charge in [0, 0.05) is 19.0 Å². The average molecular weight is 397 g/mol. The lowest BCUT2D eigenvalue weighted by atomic mass is 10.1. The first-order valence-corrected chi connectivity index (χ1v) is 8.80. The number of hydrazine groups is 1. The molecule has 0 aliphatic carbocycles. The van der Waals surface area contributed by atoms with E-state index in [0.29, 0.717) is 10.8 Å². The normalized spacial score (nSPS) is 10.6. The van der Waals surface area contributed by atoms with Gasteiger partial charge in [0.05, 0.1) is 11.6 Å². The molecule has 3 amide bonds. The molecule has 0 spiro atoms. The first-order chi connectivity index (χ1) is 13.9. The lowest BCUT2D eigenvalue weighted by Crippen LogP contribution is -2.47. The number of rotatable bonds is 5. The molecule has 29 heavy (non-hydrogen) atoms. The van der Waals surface area contributed by atoms with Crippen LogP contribution in [-0.2, 0) is 11.3 Å². The molecule has 0 unspecified atom stereocenters. The van der Waals surface area contributed by atoms with Gasteiger partial charge in [-0.1, -0.05) is 18.2 Å². The van der Waals surface area contributed by atoms with Crippen molar-refractivity contribution in [3.63, 3.8) is 0 Å². The van der Waals surface area contributed by atoms with E-state index in [9.17, 15) is 19.2 Å². The van der Waals surface area contributed by atoms with Gasteiger partial charge in [-0.15, -0.1) is 0 Å². The molecule has 3 rings (SSSR count). The van der Waals surface area contributed by atoms with Crippen LogP contribution < -0.4 is 16.4 Å². The zero-order valence-electron chi connectivity index (χ0n) is 15.8. The summed E-state index contributed by atoms with van der Waals surface area (Å²) in [6.07, 6.45) is 1.36. The molecule has 10 nitrogen and oxygen atoms in total. The van der Waals surface area contributed by atoms with E-state index in [1.165, 1.54) is 24.1 Å². The van der Waals surface area contributed by atoms with Crippen LogP contribution in [0.25, 0.3) is 10.8 Å². The van der Waals surface area contributed by atoms with Crippen LogP contribution in [0, 0.1) is 0 Å². The van der Waals surface area contributed by atoms with Crippen LogP contribution in [0.4, 0.5) is 0 Å². The summed E-state index contributed by atoms with van der Waals surface area (Å²) in [7, 11) is 1.43. The fraction of sp³-hybridized carbons (Fsp3) is 0.211. The van der Waals surface area contributed by atoms with Crippen LogP contribution in [0.15, 0.2) is 51.9 Å². The van der Waals surface area contributed by atoms with Crippen molar-refractivity contribution in [3.8, 4) is 0 Å². The Balaban J connectivity index is 1.69. The highest BCUT2D eigenvalue weighted by Crippen LogP contribution is 2.13. The number of likely N-dealkylation sites (N-methyl/N-ethyl adjacent to an activating group) is 1. The lowest BCUT2D eigenvalue weighted by Gasteiger charge is -2.16. The molecule has 3 aromatic rings.